The first-order valence-electron chi connectivity index (χ1n) is 9.68. The van der Waals surface area contributed by atoms with Gasteiger partial charge in [0.1, 0.15) is 17.5 Å². The van der Waals surface area contributed by atoms with Crippen LogP contribution in [0, 0.1) is 0 Å². The van der Waals surface area contributed by atoms with Crippen molar-refractivity contribution in [3.63, 3.8) is 0 Å². The highest BCUT2D eigenvalue weighted by Crippen LogP contribution is 2.36. The van der Waals surface area contributed by atoms with Gasteiger partial charge in [0.25, 0.3) is 5.91 Å². The molecule has 2 aromatic rings. The van der Waals surface area contributed by atoms with Gasteiger partial charge in [-0.05, 0) is 24.3 Å². The Morgan fingerprint density at radius 3 is 2.50 bits per heavy atom. The first-order chi connectivity index (χ1) is 15.1. The molecule has 0 aliphatic carbocycles. The summed E-state index contributed by atoms with van der Waals surface area (Å²) in [4.78, 5) is 27.3. The third-order valence-electron chi connectivity index (χ3n) is 4.95. The van der Waals surface area contributed by atoms with Crippen molar-refractivity contribution in [1.29, 1.82) is 0 Å². The summed E-state index contributed by atoms with van der Waals surface area (Å²) in [6.45, 7) is 1.71. The topological polar surface area (TPSA) is 109 Å². The average Bonchev–Trinajstić information content (AvgIpc) is 2.72. The molecule has 2 fully saturated rings. The standard InChI is InChI=1S/C19H20N2O4.C2HF3O2/c22-15-5-3-4-14(10-15)18(23)21-12-19(13-21)11-16(7-9-24-19)25-17-6-1-2-8-20-17;3-2(4,5)1(6)7/h1-6,8,10,16,22H,7,9,11-13H2;(H,6,7). The van der Waals surface area contributed by atoms with Gasteiger partial charge in [-0.2, -0.15) is 13.2 Å². The van der Waals surface area contributed by atoms with Gasteiger partial charge in [-0.15, -0.1) is 0 Å². The molecule has 0 bridgehead atoms. The Labute approximate surface area is 181 Å². The van der Waals surface area contributed by atoms with E-state index in [9.17, 15) is 23.1 Å². The Morgan fingerprint density at radius 1 is 1.19 bits per heavy atom. The number of rotatable bonds is 3. The fraction of sp³-hybridized carbons (Fsp3) is 0.381. The van der Waals surface area contributed by atoms with E-state index in [0.717, 1.165) is 12.8 Å². The van der Waals surface area contributed by atoms with Crippen LogP contribution in [0.3, 0.4) is 0 Å². The fourth-order valence-corrected chi connectivity index (χ4v) is 3.51. The number of likely N-dealkylation sites (tertiary alicyclic amines) is 1. The Balaban J connectivity index is 0.000000360. The number of phenolic OH excluding ortho intramolecular Hbond substituents is 1. The van der Waals surface area contributed by atoms with Crippen LogP contribution in [0.25, 0.3) is 0 Å². The maximum atomic E-state index is 12.5. The molecular formula is C21H21F3N2O6. The fourth-order valence-electron chi connectivity index (χ4n) is 3.51. The Bertz CT molecular complexity index is 948. The van der Waals surface area contributed by atoms with Crippen LogP contribution in [0.4, 0.5) is 13.2 Å². The number of pyridine rings is 1. The number of carbonyl (C=O) groups is 2. The molecule has 1 aromatic carbocycles. The van der Waals surface area contributed by atoms with Crippen molar-refractivity contribution in [3.8, 4) is 11.6 Å². The first kappa shape index (κ1) is 23.3. The van der Waals surface area contributed by atoms with Gasteiger partial charge >= 0.3 is 12.1 Å². The minimum Gasteiger partial charge on any atom is -0.508 e. The molecule has 1 spiro atoms. The number of phenols is 1. The molecule has 2 aliphatic rings. The molecule has 11 heteroatoms. The number of carboxylic acids is 1. The molecule has 2 aliphatic heterocycles. The molecule has 2 saturated heterocycles. The summed E-state index contributed by atoms with van der Waals surface area (Å²) in [5, 5.41) is 16.7. The monoisotopic (exact) mass is 454 g/mol. The van der Waals surface area contributed by atoms with Crippen molar-refractivity contribution < 1.29 is 42.4 Å². The number of carboxylic acid groups (broad SMARTS) is 1. The van der Waals surface area contributed by atoms with Gasteiger partial charge in [-0.25, -0.2) is 9.78 Å². The summed E-state index contributed by atoms with van der Waals surface area (Å²) >= 11 is 0. The smallest absolute Gasteiger partial charge is 0.490 e. The SMILES string of the molecule is O=C(O)C(F)(F)F.O=C(c1cccc(O)c1)N1CC2(CC(Oc3ccccn3)CCO2)C1. The zero-order valence-electron chi connectivity index (χ0n) is 16.8. The third kappa shape index (κ3) is 5.88. The number of carbonyl (C=O) groups excluding carboxylic acids is 1. The van der Waals surface area contributed by atoms with E-state index in [2.05, 4.69) is 4.98 Å². The van der Waals surface area contributed by atoms with Crippen molar-refractivity contribution in [1.82, 2.24) is 9.88 Å². The van der Waals surface area contributed by atoms with Crippen LogP contribution in [0.15, 0.2) is 48.7 Å². The number of aliphatic carboxylic acids is 1. The van der Waals surface area contributed by atoms with E-state index in [0.29, 0.717) is 31.1 Å². The number of benzene rings is 1. The molecule has 3 heterocycles. The van der Waals surface area contributed by atoms with Gasteiger partial charge in [-0.1, -0.05) is 12.1 Å². The van der Waals surface area contributed by atoms with E-state index in [-0.39, 0.29) is 23.4 Å². The number of ether oxygens (including phenoxy) is 2. The molecule has 0 radical (unpaired) electrons. The molecule has 1 atom stereocenters. The number of hydrogen-bond donors (Lipinski definition) is 2. The number of nitrogens with zero attached hydrogens (tertiary/aromatic N) is 2. The molecule has 1 aromatic heterocycles. The van der Waals surface area contributed by atoms with E-state index < -0.39 is 12.1 Å². The lowest BCUT2D eigenvalue weighted by Gasteiger charge is -2.52. The molecule has 0 saturated carbocycles. The van der Waals surface area contributed by atoms with E-state index in [4.69, 9.17) is 19.4 Å². The van der Waals surface area contributed by atoms with Gasteiger partial charge in [-0.3, -0.25) is 4.79 Å². The van der Waals surface area contributed by atoms with Crippen molar-refractivity contribution >= 4 is 11.9 Å². The van der Waals surface area contributed by atoms with E-state index in [1.54, 1.807) is 29.3 Å². The zero-order chi connectivity index (χ0) is 23.4. The van der Waals surface area contributed by atoms with Crippen LogP contribution in [0.1, 0.15) is 23.2 Å². The van der Waals surface area contributed by atoms with Crippen molar-refractivity contribution in [2.45, 2.75) is 30.7 Å². The predicted molar refractivity (Wildman–Crippen MR) is 104 cm³/mol. The van der Waals surface area contributed by atoms with E-state index >= 15 is 0 Å². The highest BCUT2D eigenvalue weighted by atomic mass is 19.4. The summed E-state index contributed by atoms with van der Waals surface area (Å²) in [6.07, 6.45) is -1.77. The van der Waals surface area contributed by atoms with Crippen LogP contribution in [-0.2, 0) is 9.53 Å². The number of hydrogen-bond acceptors (Lipinski definition) is 6. The number of halogens is 3. The maximum Gasteiger partial charge on any atom is 0.490 e. The van der Waals surface area contributed by atoms with Gasteiger partial charge in [0, 0.05) is 30.7 Å². The minimum atomic E-state index is -5.08. The zero-order valence-corrected chi connectivity index (χ0v) is 16.8. The summed E-state index contributed by atoms with van der Waals surface area (Å²) in [6, 6.07) is 12.0. The van der Waals surface area contributed by atoms with Crippen molar-refractivity contribution in [3.05, 3.63) is 54.2 Å². The Morgan fingerprint density at radius 2 is 1.91 bits per heavy atom. The van der Waals surface area contributed by atoms with Crippen molar-refractivity contribution in [2.24, 2.45) is 0 Å². The number of aromatic hydroxyl groups is 1. The first-order valence-corrected chi connectivity index (χ1v) is 9.68. The molecule has 32 heavy (non-hydrogen) atoms. The third-order valence-corrected chi connectivity index (χ3v) is 4.95. The molecule has 4 rings (SSSR count). The summed E-state index contributed by atoms with van der Waals surface area (Å²) in [5.74, 6) is -2.12. The molecular weight excluding hydrogens is 433 g/mol. The second kappa shape index (κ2) is 9.43. The molecule has 2 N–H and O–H groups in total. The maximum absolute atomic E-state index is 12.5. The van der Waals surface area contributed by atoms with E-state index in [1.165, 1.54) is 6.07 Å². The highest BCUT2D eigenvalue weighted by Gasteiger charge is 2.50. The summed E-state index contributed by atoms with van der Waals surface area (Å²) < 4.78 is 43.7. The van der Waals surface area contributed by atoms with Gasteiger partial charge in [0.15, 0.2) is 0 Å². The van der Waals surface area contributed by atoms with Crippen LogP contribution in [-0.4, -0.2) is 69.6 Å². The lowest BCUT2D eigenvalue weighted by molar-refractivity contribution is -0.192. The number of alkyl halides is 3. The Kier molecular flexibility index (Phi) is 6.87. The normalized spacial score (nSPS) is 19.3. The molecule has 1 unspecified atom stereocenters. The minimum absolute atomic E-state index is 0.0432. The van der Waals surface area contributed by atoms with Crippen LogP contribution in [0.5, 0.6) is 11.6 Å². The van der Waals surface area contributed by atoms with Crippen LogP contribution in [0.2, 0.25) is 0 Å². The largest absolute Gasteiger partial charge is 0.508 e. The molecule has 8 nitrogen and oxygen atoms in total. The number of amides is 1. The lowest BCUT2D eigenvalue weighted by atomic mass is 9.84. The lowest BCUT2D eigenvalue weighted by Crippen LogP contribution is -2.67. The Hall–Kier alpha value is -3.34. The predicted octanol–water partition coefficient (Wildman–Crippen LogP) is 2.87. The van der Waals surface area contributed by atoms with Gasteiger partial charge in [0.05, 0.1) is 19.7 Å². The second-order valence-electron chi connectivity index (χ2n) is 7.45. The van der Waals surface area contributed by atoms with E-state index in [1.807, 2.05) is 18.2 Å². The molecule has 172 valence electrons. The van der Waals surface area contributed by atoms with Crippen LogP contribution >= 0.6 is 0 Å². The number of aromatic nitrogens is 1. The summed E-state index contributed by atoms with van der Waals surface area (Å²) in [7, 11) is 0. The summed E-state index contributed by atoms with van der Waals surface area (Å²) in [5.41, 5.74) is 0.163. The van der Waals surface area contributed by atoms with Crippen LogP contribution < -0.4 is 4.74 Å². The van der Waals surface area contributed by atoms with Gasteiger partial charge in [0.2, 0.25) is 5.88 Å². The van der Waals surface area contributed by atoms with Gasteiger partial charge < -0.3 is 24.6 Å². The second-order valence-corrected chi connectivity index (χ2v) is 7.45. The average molecular weight is 454 g/mol. The molecule has 1 amide bonds. The van der Waals surface area contributed by atoms with Crippen molar-refractivity contribution in [2.75, 3.05) is 19.7 Å². The quantitative estimate of drug-likeness (QED) is 0.734. The highest BCUT2D eigenvalue weighted by molar-refractivity contribution is 5.95.